The molecule has 1 aromatic carbocycles. The number of hydrogen-bond donors (Lipinski definition) is 1. The second-order valence-corrected chi connectivity index (χ2v) is 5.70. The maximum atomic E-state index is 9.22. The molecular formula is C15H21N5. The van der Waals surface area contributed by atoms with Crippen molar-refractivity contribution >= 4 is 0 Å². The van der Waals surface area contributed by atoms with E-state index >= 15 is 0 Å². The van der Waals surface area contributed by atoms with Crippen molar-refractivity contribution < 1.29 is 0 Å². The van der Waals surface area contributed by atoms with E-state index in [2.05, 4.69) is 54.3 Å². The SMILES string of the molecule is CC(C)(C)c1ccc(C(C#N)NCCCN=[N+]=[N-])cc1. The molecule has 0 amide bonds. The smallest absolute Gasteiger partial charge is 0.121 e. The van der Waals surface area contributed by atoms with E-state index in [1.54, 1.807) is 0 Å². The Balaban J connectivity index is 2.62. The number of azide groups is 1. The van der Waals surface area contributed by atoms with Crippen LogP contribution in [0.25, 0.3) is 10.4 Å². The van der Waals surface area contributed by atoms with Crippen LogP contribution < -0.4 is 5.32 Å². The fourth-order valence-electron chi connectivity index (χ4n) is 1.85. The summed E-state index contributed by atoms with van der Waals surface area (Å²) in [6, 6.07) is 10.1. The van der Waals surface area contributed by atoms with E-state index in [1.807, 2.05) is 12.1 Å². The summed E-state index contributed by atoms with van der Waals surface area (Å²) in [6.07, 6.45) is 0.725. The average molecular weight is 271 g/mol. The van der Waals surface area contributed by atoms with Gasteiger partial charge in [0, 0.05) is 11.5 Å². The first-order chi connectivity index (χ1) is 9.49. The summed E-state index contributed by atoms with van der Waals surface area (Å²) in [5, 5.41) is 15.8. The Bertz CT molecular complexity index is 501. The van der Waals surface area contributed by atoms with E-state index in [0.29, 0.717) is 13.1 Å². The standard InChI is InChI=1S/C15H21N5/c1-15(2,3)13-7-5-12(6-8-13)14(11-16)18-9-4-10-19-20-17/h5-8,14,18H,4,9-10H2,1-3H3. The number of benzene rings is 1. The monoisotopic (exact) mass is 271 g/mol. The first-order valence-corrected chi connectivity index (χ1v) is 6.73. The molecule has 0 radical (unpaired) electrons. The number of hydrogen-bond acceptors (Lipinski definition) is 3. The van der Waals surface area contributed by atoms with Gasteiger partial charge < -0.3 is 0 Å². The zero-order chi connectivity index (χ0) is 15.0. The van der Waals surface area contributed by atoms with E-state index < -0.39 is 0 Å². The number of nitrogens with one attached hydrogen (secondary N) is 1. The summed E-state index contributed by atoms with van der Waals surface area (Å²) >= 11 is 0. The Morgan fingerprint density at radius 3 is 2.50 bits per heavy atom. The summed E-state index contributed by atoms with van der Waals surface area (Å²) in [5.74, 6) is 0. The van der Waals surface area contributed by atoms with E-state index in [9.17, 15) is 5.26 Å². The van der Waals surface area contributed by atoms with E-state index in [1.165, 1.54) is 5.56 Å². The van der Waals surface area contributed by atoms with Gasteiger partial charge in [0.15, 0.2) is 0 Å². The van der Waals surface area contributed by atoms with Crippen LogP contribution in [0.4, 0.5) is 0 Å². The van der Waals surface area contributed by atoms with Crippen LogP contribution in [0.3, 0.4) is 0 Å². The van der Waals surface area contributed by atoms with Crippen molar-refractivity contribution in [3.8, 4) is 6.07 Å². The van der Waals surface area contributed by atoms with Gasteiger partial charge in [-0.15, -0.1) is 0 Å². The highest BCUT2D eigenvalue weighted by molar-refractivity contribution is 5.31. The van der Waals surface area contributed by atoms with Crippen LogP contribution in [0.5, 0.6) is 0 Å². The minimum absolute atomic E-state index is 0.114. The molecule has 20 heavy (non-hydrogen) atoms. The molecule has 5 nitrogen and oxygen atoms in total. The summed E-state index contributed by atoms with van der Waals surface area (Å²) in [5.41, 5.74) is 10.5. The molecule has 0 aliphatic carbocycles. The predicted molar refractivity (Wildman–Crippen MR) is 80.1 cm³/mol. The molecule has 1 unspecified atom stereocenters. The largest absolute Gasteiger partial charge is 0.298 e. The van der Waals surface area contributed by atoms with Gasteiger partial charge in [-0.3, -0.25) is 5.32 Å². The summed E-state index contributed by atoms with van der Waals surface area (Å²) in [4.78, 5) is 2.70. The van der Waals surface area contributed by atoms with E-state index in [4.69, 9.17) is 5.53 Å². The van der Waals surface area contributed by atoms with Crippen LogP contribution in [0.1, 0.15) is 44.4 Å². The van der Waals surface area contributed by atoms with Crippen LogP contribution >= 0.6 is 0 Å². The molecule has 0 bridgehead atoms. The number of nitriles is 1. The molecule has 0 saturated heterocycles. The minimum atomic E-state index is -0.324. The first-order valence-electron chi connectivity index (χ1n) is 6.73. The van der Waals surface area contributed by atoms with Crippen LogP contribution in [0.2, 0.25) is 0 Å². The molecule has 0 fully saturated rings. The third kappa shape index (κ3) is 4.93. The van der Waals surface area contributed by atoms with Gasteiger partial charge in [0.05, 0.1) is 6.07 Å². The van der Waals surface area contributed by atoms with Gasteiger partial charge in [0.1, 0.15) is 6.04 Å². The molecule has 1 atom stereocenters. The minimum Gasteiger partial charge on any atom is -0.298 e. The fourth-order valence-corrected chi connectivity index (χ4v) is 1.85. The lowest BCUT2D eigenvalue weighted by atomic mass is 9.86. The topological polar surface area (TPSA) is 84.6 Å². The van der Waals surface area contributed by atoms with Crippen molar-refractivity contribution in [2.24, 2.45) is 5.11 Å². The second kappa shape index (κ2) is 7.54. The molecule has 0 heterocycles. The van der Waals surface area contributed by atoms with Gasteiger partial charge in [-0.25, -0.2) is 0 Å². The molecule has 0 aromatic heterocycles. The van der Waals surface area contributed by atoms with Gasteiger partial charge >= 0.3 is 0 Å². The van der Waals surface area contributed by atoms with Gasteiger partial charge in [0.25, 0.3) is 0 Å². The Morgan fingerprint density at radius 2 is 2.00 bits per heavy atom. The Kier molecular flexibility index (Phi) is 6.05. The number of nitrogens with zero attached hydrogens (tertiary/aromatic N) is 4. The first kappa shape index (κ1) is 16.0. The molecule has 0 aliphatic heterocycles. The van der Waals surface area contributed by atoms with Crippen LogP contribution in [0, 0.1) is 11.3 Å². The van der Waals surface area contributed by atoms with Gasteiger partial charge in [-0.1, -0.05) is 50.2 Å². The molecule has 1 N–H and O–H groups in total. The van der Waals surface area contributed by atoms with Crippen molar-refractivity contribution in [2.45, 2.75) is 38.6 Å². The van der Waals surface area contributed by atoms with Crippen molar-refractivity contribution in [1.82, 2.24) is 5.32 Å². The lowest BCUT2D eigenvalue weighted by molar-refractivity contribution is 0.586. The Hall–Kier alpha value is -2.02. The maximum Gasteiger partial charge on any atom is 0.121 e. The molecular weight excluding hydrogens is 250 g/mol. The zero-order valence-electron chi connectivity index (χ0n) is 12.3. The molecule has 0 saturated carbocycles. The van der Waals surface area contributed by atoms with Crippen molar-refractivity contribution in [3.63, 3.8) is 0 Å². The van der Waals surface area contributed by atoms with Gasteiger partial charge in [-0.2, -0.15) is 5.26 Å². The second-order valence-electron chi connectivity index (χ2n) is 5.70. The summed E-state index contributed by atoms with van der Waals surface area (Å²) in [6.45, 7) is 7.59. The lowest BCUT2D eigenvalue weighted by Crippen LogP contribution is -2.22. The van der Waals surface area contributed by atoms with Crippen molar-refractivity contribution in [2.75, 3.05) is 13.1 Å². The van der Waals surface area contributed by atoms with Crippen molar-refractivity contribution in [1.29, 1.82) is 5.26 Å². The zero-order valence-corrected chi connectivity index (χ0v) is 12.3. The molecule has 1 aromatic rings. The predicted octanol–water partition coefficient (Wildman–Crippen LogP) is 3.84. The third-order valence-corrected chi connectivity index (χ3v) is 3.09. The number of rotatable bonds is 6. The third-order valence-electron chi connectivity index (χ3n) is 3.09. The normalized spacial score (nSPS) is 12.3. The average Bonchev–Trinajstić information content (AvgIpc) is 2.42. The van der Waals surface area contributed by atoms with E-state index in [-0.39, 0.29) is 11.5 Å². The highest BCUT2D eigenvalue weighted by Crippen LogP contribution is 2.23. The van der Waals surface area contributed by atoms with Gasteiger partial charge in [0.2, 0.25) is 0 Å². The molecule has 1 rings (SSSR count). The molecule has 0 aliphatic rings. The van der Waals surface area contributed by atoms with Crippen molar-refractivity contribution in [3.05, 3.63) is 45.8 Å². The Labute approximate surface area is 120 Å². The van der Waals surface area contributed by atoms with Crippen LogP contribution in [-0.2, 0) is 5.41 Å². The molecule has 0 spiro atoms. The fraction of sp³-hybridized carbons (Fsp3) is 0.533. The maximum absolute atomic E-state index is 9.22. The highest BCUT2D eigenvalue weighted by atomic mass is 15.1. The van der Waals surface area contributed by atoms with Crippen LogP contribution in [0.15, 0.2) is 29.4 Å². The summed E-state index contributed by atoms with van der Waals surface area (Å²) in [7, 11) is 0. The van der Waals surface area contributed by atoms with E-state index in [0.717, 1.165) is 12.0 Å². The summed E-state index contributed by atoms with van der Waals surface area (Å²) < 4.78 is 0. The highest BCUT2D eigenvalue weighted by Gasteiger charge is 2.15. The quantitative estimate of drug-likeness (QED) is 0.369. The molecule has 106 valence electrons. The van der Waals surface area contributed by atoms with Gasteiger partial charge in [-0.05, 0) is 35.0 Å². The lowest BCUT2D eigenvalue weighted by Gasteiger charge is -2.20. The Morgan fingerprint density at radius 1 is 1.35 bits per heavy atom. The molecule has 5 heteroatoms. The van der Waals surface area contributed by atoms with Crippen LogP contribution in [-0.4, -0.2) is 13.1 Å².